The first-order chi connectivity index (χ1) is 13.9. The summed E-state index contributed by atoms with van der Waals surface area (Å²) in [5.41, 5.74) is 2.36. The maximum absolute atomic E-state index is 12.7. The number of carbonyl (C=O) groups excluding carboxylic acids is 1. The highest BCUT2D eigenvalue weighted by Gasteiger charge is 2.67. The Labute approximate surface area is 186 Å². The van der Waals surface area contributed by atoms with Crippen LogP contribution in [0.2, 0.25) is 0 Å². The van der Waals surface area contributed by atoms with Crippen molar-refractivity contribution in [2.75, 3.05) is 0 Å². The molecule has 0 heterocycles. The van der Waals surface area contributed by atoms with E-state index in [1.807, 2.05) is 0 Å². The first kappa shape index (κ1) is 21.5. The molecule has 3 unspecified atom stereocenters. The van der Waals surface area contributed by atoms with E-state index in [1.165, 1.54) is 64.2 Å². The van der Waals surface area contributed by atoms with Crippen molar-refractivity contribution in [3.05, 3.63) is 0 Å². The van der Waals surface area contributed by atoms with Gasteiger partial charge in [-0.05, 0) is 115 Å². The van der Waals surface area contributed by atoms with Crippen LogP contribution in [0.1, 0.15) is 119 Å². The van der Waals surface area contributed by atoms with Crippen LogP contribution in [-0.2, 0) is 4.79 Å². The molecule has 0 spiro atoms. The molecular weight excluding hydrogens is 364 g/mol. The minimum absolute atomic E-state index is 0.250. The van der Waals surface area contributed by atoms with Crippen molar-refractivity contribution in [2.24, 2.45) is 56.7 Å². The molecule has 0 N–H and O–H groups in total. The Morgan fingerprint density at radius 3 is 2.03 bits per heavy atom. The van der Waals surface area contributed by atoms with Gasteiger partial charge in [0.2, 0.25) is 0 Å². The average Bonchev–Trinajstić information content (AvgIpc) is 2.66. The molecule has 0 aliphatic heterocycles. The zero-order valence-corrected chi connectivity index (χ0v) is 21.1. The standard InChI is InChI=1S/C29H48O/c1-19-22(30)8-9-23-27(19,5)13-11-24-28(6)17-16-26(4)15-14-25(2,3)18-21(26)20(28)10-12-29(23,24)7/h19-21,23-24H,8-18H2,1-7H3/t19-,20?,21-,23?,24?,26+,27+,28-,29-/m0/s1. The molecule has 0 amide bonds. The summed E-state index contributed by atoms with van der Waals surface area (Å²) in [6.45, 7) is 17.9. The van der Waals surface area contributed by atoms with E-state index in [-0.39, 0.29) is 11.3 Å². The first-order valence-electron chi connectivity index (χ1n) is 13.4. The van der Waals surface area contributed by atoms with Gasteiger partial charge in [-0.3, -0.25) is 4.79 Å². The second-order valence-electron chi connectivity index (χ2n) is 14.7. The molecule has 0 aromatic carbocycles. The fraction of sp³-hybridized carbons (Fsp3) is 0.966. The second-order valence-corrected chi connectivity index (χ2v) is 14.7. The lowest BCUT2D eigenvalue weighted by atomic mass is 9.34. The molecule has 5 rings (SSSR count). The molecule has 1 heteroatoms. The number of fused-ring (bicyclic) bond motifs is 7. The highest BCUT2D eigenvalue weighted by atomic mass is 16.1. The number of Topliss-reactive ketones (excluding diaryl/α,β-unsaturated/α-hetero) is 1. The smallest absolute Gasteiger partial charge is 0.136 e. The molecule has 0 radical (unpaired) electrons. The molecule has 170 valence electrons. The third kappa shape index (κ3) is 2.68. The highest BCUT2D eigenvalue weighted by Crippen LogP contribution is 2.74. The summed E-state index contributed by atoms with van der Waals surface area (Å²) in [5, 5.41) is 0. The van der Waals surface area contributed by atoms with Gasteiger partial charge in [-0.2, -0.15) is 0 Å². The van der Waals surface area contributed by atoms with Crippen molar-refractivity contribution in [2.45, 2.75) is 119 Å². The van der Waals surface area contributed by atoms with E-state index in [0.29, 0.717) is 27.4 Å². The van der Waals surface area contributed by atoms with Crippen LogP contribution in [0.3, 0.4) is 0 Å². The predicted octanol–water partition coefficient (Wildman–Crippen LogP) is 8.07. The second kappa shape index (κ2) is 6.38. The Hall–Kier alpha value is -0.330. The monoisotopic (exact) mass is 412 g/mol. The van der Waals surface area contributed by atoms with Crippen molar-refractivity contribution < 1.29 is 4.79 Å². The topological polar surface area (TPSA) is 17.1 Å². The highest BCUT2D eigenvalue weighted by molar-refractivity contribution is 5.82. The molecule has 30 heavy (non-hydrogen) atoms. The fourth-order valence-electron chi connectivity index (χ4n) is 10.8. The lowest BCUT2D eigenvalue weighted by Crippen LogP contribution is -2.64. The summed E-state index contributed by atoms with van der Waals surface area (Å²) in [6.07, 6.45) is 14.8. The van der Waals surface area contributed by atoms with Gasteiger partial charge in [0.05, 0.1) is 0 Å². The van der Waals surface area contributed by atoms with E-state index in [9.17, 15) is 4.79 Å². The Balaban J connectivity index is 1.50. The summed E-state index contributed by atoms with van der Waals surface area (Å²) in [7, 11) is 0. The maximum atomic E-state index is 12.7. The van der Waals surface area contributed by atoms with Gasteiger partial charge < -0.3 is 0 Å². The van der Waals surface area contributed by atoms with Gasteiger partial charge in [-0.1, -0.05) is 48.5 Å². The summed E-state index contributed by atoms with van der Waals surface area (Å²) in [6, 6.07) is 0. The minimum atomic E-state index is 0.250. The maximum Gasteiger partial charge on any atom is 0.136 e. The van der Waals surface area contributed by atoms with Crippen LogP contribution < -0.4 is 0 Å². The number of ketones is 1. The van der Waals surface area contributed by atoms with E-state index in [2.05, 4.69) is 48.5 Å². The number of carbonyl (C=O) groups is 1. The van der Waals surface area contributed by atoms with Gasteiger partial charge >= 0.3 is 0 Å². The van der Waals surface area contributed by atoms with Crippen molar-refractivity contribution >= 4 is 5.78 Å². The lowest BCUT2D eigenvalue weighted by Gasteiger charge is -2.71. The Morgan fingerprint density at radius 1 is 0.667 bits per heavy atom. The van der Waals surface area contributed by atoms with Gasteiger partial charge in [0.15, 0.2) is 0 Å². The van der Waals surface area contributed by atoms with Crippen molar-refractivity contribution in [1.29, 1.82) is 0 Å². The number of rotatable bonds is 0. The molecule has 0 aromatic rings. The van der Waals surface area contributed by atoms with E-state index in [1.54, 1.807) is 0 Å². The Bertz CT molecular complexity index is 737. The molecule has 5 saturated carbocycles. The molecule has 5 fully saturated rings. The normalized spacial score (nSPS) is 57.6. The molecule has 0 bridgehead atoms. The fourth-order valence-corrected chi connectivity index (χ4v) is 10.8. The third-order valence-electron chi connectivity index (χ3n) is 12.9. The molecule has 5 aliphatic carbocycles. The molecule has 0 aromatic heterocycles. The van der Waals surface area contributed by atoms with Crippen LogP contribution in [0.5, 0.6) is 0 Å². The van der Waals surface area contributed by atoms with Crippen molar-refractivity contribution in [3.63, 3.8) is 0 Å². The van der Waals surface area contributed by atoms with E-state index in [0.717, 1.165) is 30.1 Å². The van der Waals surface area contributed by atoms with Crippen LogP contribution in [0.4, 0.5) is 0 Å². The molecule has 0 saturated heterocycles. The van der Waals surface area contributed by atoms with Crippen molar-refractivity contribution in [3.8, 4) is 0 Å². The zero-order valence-electron chi connectivity index (χ0n) is 21.1. The first-order valence-corrected chi connectivity index (χ1v) is 13.4. The average molecular weight is 413 g/mol. The molecular formula is C29H48O. The zero-order chi connectivity index (χ0) is 21.7. The Morgan fingerprint density at radius 2 is 1.30 bits per heavy atom. The van der Waals surface area contributed by atoms with Gasteiger partial charge in [0, 0.05) is 12.3 Å². The quantitative estimate of drug-likeness (QED) is 0.393. The molecule has 5 aliphatic rings. The number of hydrogen-bond donors (Lipinski definition) is 0. The summed E-state index contributed by atoms with van der Waals surface area (Å²) in [5.74, 6) is 4.31. The van der Waals surface area contributed by atoms with Crippen molar-refractivity contribution in [1.82, 2.24) is 0 Å². The van der Waals surface area contributed by atoms with E-state index < -0.39 is 0 Å². The largest absolute Gasteiger partial charge is 0.299 e. The minimum Gasteiger partial charge on any atom is -0.299 e. The van der Waals surface area contributed by atoms with Gasteiger partial charge in [-0.25, -0.2) is 0 Å². The van der Waals surface area contributed by atoms with Crippen LogP contribution in [-0.4, -0.2) is 5.78 Å². The van der Waals surface area contributed by atoms with E-state index in [4.69, 9.17) is 0 Å². The third-order valence-corrected chi connectivity index (χ3v) is 12.9. The van der Waals surface area contributed by atoms with Crippen LogP contribution in [0.15, 0.2) is 0 Å². The van der Waals surface area contributed by atoms with Gasteiger partial charge in [-0.15, -0.1) is 0 Å². The molecule has 9 atom stereocenters. The lowest BCUT2D eigenvalue weighted by molar-refractivity contribution is -0.219. The Kier molecular flexibility index (Phi) is 4.57. The summed E-state index contributed by atoms with van der Waals surface area (Å²) < 4.78 is 0. The van der Waals surface area contributed by atoms with Gasteiger partial charge in [0.1, 0.15) is 5.78 Å². The van der Waals surface area contributed by atoms with Crippen LogP contribution in [0.25, 0.3) is 0 Å². The molecule has 1 nitrogen and oxygen atoms in total. The summed E-state index contributed by atoms with van der Waals surface area (Å²) >= 11 is 0. The van der Waals surface area contributed by atoms with Crippen LogP contribution >= 0.6 is 0 Å². The van der Waals surface area contributed by atoms with E-state index >= 15 is 0 Å². The predicted molar refractivity (Wildman–Crippen MR) is 125 cm³/mol. The van der Waals surface area contributed by atoms with Gasteiger partial charge in [0.25, 0.3) is 0 Å². The van der Waals surface area contributed by atoms with Crippen LogP contribution in [0, 0.1) is 56.7 Å². The SMILES string of the molecule is C[C@H]1C(=O)CCC2[C@]3(C)CCC4[C@@H]5CC(C)(C)CC[C@]5(C)CC[C@]4(C)C3CC[C@@]21C. The number of hydrogen-bond acceptors (Lipinski definition) is 1. The summed E-state index contributed by atoms with van der Waals surface area (Å²) in [4.78, 5) is 12.7.